The number of carbonyl (C=O) groups excluding carboxylic acids is 4. The summed E-state index contributed by atoms with van der Waals surface area (Å²) in [6.07, 6.45) is 6.37. The Labute approximate surface area is 161 Å². The highest BCUT2D eigenvalue weighted by molar-refractivity contribution is 6.10. The first kappa shape index (κ1) is 18.2. The Morgan fingerprint density at radius 1 is 1.14 bits per heavy atom. The fraction of sp³-hybridized carbons (Fsp3) is 0.333. The molecule has 1 fully saturated rings. The molecular weight excluding hydrogens is 360 g/mol. The number of para-hydroxylation sites is 1. The molecule has 3 atom stereocenters. The van der Waals surface area contributed by atoms with E-state index >= 15 is 0 Å². The number of Topliss-reactive ketones (excluding diaryl/α,β-unsaturated/α-hetero) is 1. The number of fused-ring (bicyclic) bond motifs is 2. The number of esters is 1. The molecule has 7 nitrogen and oxygen atoms in total. The first-order chi connectivity index (χ1) is 13.5. The molecule has 144 valence electrons. The Kier molecular flexibility index (Phi) is 4.58. The van der Waals surface area contributed by atoms with Crippen LogP contribution in [0.25, 0.3) is 10.9 Å². The number of H-pyrrole nitrogens is 1. The molecule has 1 N–H and O–H groups in total. The molecule has 0 unspecified atom stereocenters. The van der Waals surface area contributed by atoms with Gasteiger partial charge in [0.2, 0.25) is 17.6 Å². The Bertz CT molecular complexity index is 979. The van der Waals surface area contributed by atoms with Crippen LogP contribution in [-0.2, 0) is 19.1 Å². The van der Waals surface area contributed by atoms with Gasteiger partial charge in [-0.1, -0.05) is 30.4 Å². The van der Waals surface area contributed by atoms with Crippen molar-refractivity contribution in [2.24, 2.45) is 11.8 Å². The molecule has 28 heavy (non-hydrogen) atoms. The lowest BCUT2D eigenvalue weighted by Crippen LogP contribution is -2.44. The van der Waals surface area contributed by atoms with Crippen molar-refractivity contribution in [1.82, 2.24) is 9.88 Å². The van der Waals surface area contributed by atoms with Crippen LogP contribution in [0, 0.1) is 11.8 Å². The SMILES string of the molecule is C[C@@H](C(=O)OCC(=O)c1c[nH]c2ccccc12)N1C(=O)[C@H]2CC=CC[C@H]2C1=O. The van der Waals surface area contributed by atoms with E-state index in [0.717, 1.165) is 15.8 Å². The van der Waals surface area contributed by atoms with Crippen molar-refractivity contribution >= 4 is 34.5 Å². The highest BCUT2D eigenvalue weighted by Crippen LogP contribution is 2.36. The molecule has 2 aliphatic rings. The normalized spacial score (nSPS) is 22.4. The number of ketones is 1. The lowest BCUT2D eigenvalue weighted by molar-refractivity contribution is -0.157. The summed E-state index contributed by atoms with van der Waals surface area (Å²) in [7, 11) is 0. The fourth-order valence-corrected chi connectivity index (χ4v) is 3.95. The summed E-state index contributed by atoms with van der Waals surface area (Å²) < 4.78 is 5.14. The fourth-order valence-electron chi connectivity index (χ4n) is 3.95. The van der Waals surface area contributed by atoms with Gasteiger partial charge in [0.1, 0.15) is 6.04 Å². The molecule has 4 rings (SSSR count). The molecule has 7 heteroatoms. The number of nitrogens with one attached hydrogen (secondary N) is 1. The van der Waals surface area contributed by atoms with E-state index < -0.39 is 30.5 Å². The van der Waals surface area contributed by atoms with Gasteiger partial charge in [-0.15, -0.1) is 0 Å². The number of nitrogens with zero attached hydrogens (tertiary/aromatic N) is 1. The van der Waals surface area contributed by atoms with Gasteiger partial charge in [-0.05, 0) is 25.8 Å². The average Bonchev–Trinajstić information content (AvgIpc) is 3.25. The van der Waals surface area contributed by atoms with Gasteiger partial charge in [-0.2, -0.15) is 0 Å². The number of amides is 2. The number of likely N-dealkylation sites (tertiary alicyclic amines) is 1. The van der Waals surface area contributed by atoms with E-state index in [1.165, 1.54) is 6.92 Å². The van der Waals surface area contributed by atoms with E-state index in [-0.39, 0.29) is 17.6 Å². The van der Waals surface area contributed by atoms with E-state index in [2.05, 4.69) is 4.98 Å². The van der Waals surface area contributed by atoms with Crippen LogP contribution in [0.2, 0.25) is 0 Å². The number of carbonyl (C=O) groups is 4. The Morgan fingerprint density at radius 2 is 1.79 bits per heavy atom. The predicted octanol–water partition coefficient (Wildman–Crippen LogP) is 2.23. The third-order valence-electron chi connectivity index (χ3n) is 5.51. The Morgan fingerprint density at radius 3 is 2.46 bits per heavy atom. The van der Waals surface area contributed by atoms with Gasteiger partial charge >= 0.3 is 5.97 Å². The zero-order valence-corrected chi connectivity index (χ0v) is 15.4. The molecule has 2 amide bonds. The average molecular weight is 380 g/mol. The minimum absolute atomic E-state index is 0.341. The van der Waals surface area contributed by atoms with E-state index in [4.69, 9.17) is 4.74 Å². The minimum atomic E-state index is -1.05. The maximum Gasteiger partial charge on any atom is 0.329 e. The van der Waals surface area contributed by atoms with Crippen LogP contribution >= 0.6 is 0 Å². The van der Waals surface area contributed by atoms with E-state index in [1.54, 1.807) is 12.3 Å². The van der Waals surface area contributed by atoms with Crippen molar-refractivity contribution in [1.29, 1.82) is 0 Å². The zero-order valence-electron chi connectivity index (χ0n) is 15.4. The van der Waals surface area contributed by atoms with Crippen LogP contribution in [0.5, 0.6) is 0 Å². The molecule has 0 bridgehead atoms. The van der Waals surface area contributed by atoms with E-state index in [1.807, 2.05) is 30.4 Å². The molecule has 0 saturated carbocycles. The molecule has 1 saturated heterocycles. The van der Waals surface area contributed by atoms with Gasteiger partial charge in [0.05, 0.1) is 11.8 Å². The number of imide groups is 1. The number of benzene rings is 1. The van der Waals surface area contributed by atoms with Crippen LogP contribution in [0.3, 0.4) is 0 Å². The van der Waals surface area contributed by atoms with Crippen LogP contribution in [0.1, 0.15) is 30.1 Å². The van der Waals surface area contributed by atoms with Crippen molar-refractivity contribution in [2.75, 3.05) is 6.61 Å². The third-order valence-corrected chi connectivity index (χ3v) is 5.51. The lowest BCUT2D eigenvalue weighted by Gasteiger charge is -2.21. The van der Waals surface area contributed by atoms with Crippen molar-refractivity contribution in [3.05, 3.63) is 48.2 Å². The maximum atomic E-state index is 12.6. The largest absolute Gasteiger partial charge is 0.456 e. The van der Waals surface area contributed by atoms with Crippen molar-refractivity contribution in [2.45, 2.75) is 25.8 Å². The first-order valence-electron chi connectivity index (χ1n) is 9.27. The van der Waals surface area contributed by atoms with Crippen LogP contribution in [0.15, 0.2) is 42.6 Å². The number of rotatable bonds is 5. The van der Waals surface area contributed by atoms with Gasteiger partial charge in [0.15, 0.2) is 6.61 Å². The van der Waals surface area contributed by atoms with Gasteiger partial charge in [-0.3, -0.25) is 19.3 Å². The number of allylic oxidation sites excluding steroid dienone is 2. The Hall–Kier alpha value is -3.22. The molecule has 1 aromatic heterocycles. The van der Waals surface area contributed by atoms with E-state index in [0.29, 0.717) is 18.4 Å². The van der Waals surface area contributed by atoms with Crippen molar-refractivity contribution in [3.8, 4) is 0 Å². The molecule has 0 radical (unpaired) electrons. The standard InChI is InChI=1S/C21H20N2O5/c1-12(23-19(25)14-7-2-3-8-15(14)20(23)26)21(27)28-11-18(24)16-10-22-17-9-5-4-6-13(16)17/h2-6,9-10,12,14-15,22H,7-8,11H2,1H3/t12-,14-,15+/m0/s1. The second-order valence-electron chi connectivity index (χ2n) is 7.16. The second kappa shape index (κ2) is 7.07. The molecule has 0 spiro atoms. The smallest absolute Gasteiger partial charge is 0.329 e. The van der Waals surface area contributed by atoms with Gasteiger partial charge in [0.25, 0.3) is 0 Å². The van der Waals surface area contributed by atoms with Crippen LogP contribution in [0.4, 0.5) is 0 Å². The van der Waals surface area contributed by atoms with Gasteiger partial charge < -0.3 is 9.72 Å². The zero-order chi connectivity index (χ0) is 19.8. The minimum Gasteiger partial charge on any atom is -0.456 e. The number of hydrogen-bond donors (Lipinski definition) is 1. The number of ether oxygens (including phenoxy) is 1. The van der Waals surface area contributed by atoms with Crippen molar-refractivity contribution < 1.29 is 23.9 Å². The summed E-state index contributed by atoms with van der Waals surface area (Å²) >= 11 is 0. The highest BCUT2D eigenvalue weighted by Gasteiger charge is 2.50. The molecule has 1 aliphatic heterocycles. The predicted molar refractivity (Wildman–Crippen MR) is 100 cm³/mol. The monoisotopic (exact) mass is 380 g/mol. The summed E-state index contributed by atoms with van der Waals surface area (Å²) in [4.78, 5) is 54.0. The lowest BCUT2D eigenvalue weighted by atomic mass is 9.85. The van der Waals surface area contributed by atoms with E-state index in [9.17, 15) is 19.2 Å². The maximum absolute atomic E-state index is 12.6. The summed E-state index contributed by atoms with van der Waals surface area (Å²) in [6, 6.07) is 6.27. The molecule has 1 aromatic carbocycles. The van der Waals surface area contributed by atoms with Gasteiger partial charge in [0, 0.05) is 22.7 Å². The molecule has 2 aromatic rings. The number of aromatic nitrogens is 1. The van der Waals surface area contributed by atoms with Crippen LogP contribution in [-0.4, -0.2) is 46.1 Å². The topological polar surface area (TPSA) is 96.5 Å². The quantitative estimate of drug-likeness (QED) is 0.371. The van der Waals surface area contributed by atoms with Crippen molar-refractivity contribution in [3.63, 3.8) is 0 Å². The molecule has 1 aliphatic carbocycles. The second-order valence-corrected chi connectivity index (χ2v) is 7.16. The summed E-state index contributed by atoms with van der Waals surface area (Å²) in [5, 5.41) is 0.748. The number of aromatic amines is 1. The summed E-state index contributed by atoms with van der Waals surface area (Å²) in [6.45, 7) is 1.01. The third kappa shape index (κ3) is 2.93. The Balaban J connectivity index is 1.42. The first-order valence-corrected chi connectivity index (χ1v) is 9.27. The summed E-state index contributed by atoms with van der Waals surface area (Å²) in [5.74, 6) is -2.60. The van der Waals surface area contributed by atoms with Crippen LogP contribution < -0.4 is 0 Å². The molecular formula is C21H20N2O5. The number of hydrogen-bond acceptors (Lipinski definition) is 5. The highest BCUT2D eigenvalue weighted by atomic mass is 16.5. The summed E-state index contributed by atoms with van der Waals surface area (Å²) in [5.41, 5.74) is 1.25. The molecule has 2 heterocycles. The van der Waals surface area contributed by atoms with Gasteiger partial charge in [-0.25, -0.2) is 4.79 Å².